The summed E-state index contributed by atoms with van der Waals surface area (Å²) in [4.78, 5) is 0. The molecule has 5 unspecified atom stereocenters. The molecule has 0 aliphatic carbocycles. The molecule has 0 bridgehead atoms. The Morgan fingerprint density at radius 1 is 1.31 bits per heavy atom. The van der Waals surface area contributed by atoms with Crippen LogP contribution in [0.3, 0.4) is 0 Å². The number of aliphatic hydroxyl groups is 2. The molecule has 96 valence electrons. The van der Waals surface area contributed by atoms with E-state index >= 15 is 0 Å². The van der Waals surface area contributed by atoms with E-state index in [1.165, 1.54) is 7.11 Å². The van der Waals surface area contributed by atoms with E-state index in [0.29, 0.717) is 24.4 Å². The molecule has 0 saturated carbocycles. The van der Waals surface area contributed by atoms with Gasteiger partial charge in [0.05, 0.1) is 6.10 Å². The van der Waals surface area contributed by atoms with Crippen molar-refractivity contribution in [2.24, 2.45) is 5.92 Å². The fraction of sp³-hybridized carbons (Fsp3) is 1.00. The highest BCUT2D eigenvalue weighted by molar-refractivity contribution is 7.94. The molecule has 3 N–H and O–H groups in total. The molecule has 1 aliphatic heterocycles. The van der Waals surface area contributed by atoms with Crippen LogP contribution in [-0.2, 0) is 9.47 Å². The number of rotatable bonds is 4. The van der Waals surface area contributed by atoms with E-state index in [-0.39, 0.29) is 0 Å². The van der Waals surface area contributed by atoms with Crippen molar-refractivity contribution in [2.45, 2.75) is 50.1 Å². The van der Waals surface area contributed by atoms with Crippen molar-refractivity contribution in [1.29, 1.82) is 0 Å². The largest absolute Gasteiger partial charge is 0.389 e. The lowest BCUT2D eigenvalue weighted by atomic mass is 9.94. The summed E-state index contributed by atoms with van der Waals surface area (Å²) in [5, 5.41) is 19.0. The van der Waals surface area contributed by atoms with Crippen molar-refractivity contribution in [2.75, 3.05) is 7.11 Å². The summed E-state index contributed by atoms with van der Waals surface area (Å²) >= 11 is 0.451. The van der Waals surface area contributed by atoms with E-state index in [2.05, 4.69) is 0 Å². The summed E-state index contributed by atoms with van der Waals surface area (Å²) in [7, 11) is 1.45. The van der Waals surface area contributed by atoms with Crippen molar-refractivity contribution in [3.05, 3.63) is 0 Å². The second kappa shape index (κ2) is 6.18. The zero-order valence-electron chi connectivity index (χ0n) is 9.74. The molecule has 0 aromatic heterocycles. The fourth-order valence-corrected chi connectivity index (χ4v) is 2.43. The standard InChI is InChI=1S/C10H20O5S/c1-5(2)4-6-7(11)8(12)9(16-13)10(14-3)15-6/h5-13H,4H2,1-3H3. The second-order valence-corrected chi connectivity index (χ2v) is 5.21. The van der Waals surface area contributed by atoms with Gasteiger partial charge in [-0.1, -0.05) is 13.8 Å². The van der Waals surface area contributed by atoms with Crippen LogP contribution in [0.5, 0.6) is 0 Å². The Labute approximate surface area is 100.0 Å². The summed E-state index contributed by atoms with van der Waals surface area (Å²) in [6.45, 7) is 4.02. The van der Waals surface area contributed by atoms with Crippen LogP contribution in [0.15, 0.2) is 0 Å². The monoisotopic (exact) mass is 252 g/mol. The molecule has 1 fully saturated rings. The molecule has 5 nitrogen and oxygen atoms in total. The van der Waals surface area contributed by atoms with E-state index in [9.17, 15) is 10.2 Å². The highest BCUT2D eigenvalue weighted by Gasteiger charge is 2.45. The van der Waals surface area contributed by atoms with Crippen molar-refractivity contribution in [1.82, 2.24) is 0 Å². The van der Waals surface area contributed by atoms with Crippen LogP contribution in [-0.4, -0.2) is 51.7 Å². The molecule has 1 aliphatic rings. The summed E-state index contributed by atoms with van der Waals surface area (Å²) in [6.07, 6.45) is -2.54. The van der Waals surface area contributed by atoms with Crippen molar-refractivity contribution in [3.8, 4) is 0 Å². The van der Waals surface area contributed by atoms with Gasteiger partial charge in [-0.05, 0) is 24.4 Å². The number of hydrogen-bond donors (Lipinski definition) is 3. The Balaban J connectivity index is 2.70. The van der Waals surface area contributed by atoms with E-state index in [1.54, 1.807) is 0 Å². The topological polar surface area (TPSA) is 79.2 Å². The molecule has 0 aromatic carbocycles. The lowest BCUT2D eigenvalue weighted by Gasteiger charge is -2.41. The van der Waals surface area contributed by atoms with Crippen LogP contribution in [0.25, 0.3) is 0 Å². The Hall–Kier alpha value is 0.150. The first-order valence-electron chi connectivity index (χ1n) is 5.35. The molecule has 16 heavy (non-hydrogen) atoms. The van der Waals surface area contributed by atoms with Gasteiger partial charge in [-0.25, -0.2) is 0 Å². The molecule has 1 saturated heterocycles. The molecular formula is C10H20O5S. The minimum Gasteiger partial charge on any atom is -0.389 e. The molecule has 6 heteroatoms. The third kappa shape index (κ3) is 3.09. The maximum atomic E-state index is 9.85. The highest BCUT2D eigenvalue weighted by Crippen LogP contribution is 2.31. The van der Waals surface area contributed by atoms with Gasteiger partial charge in [0.1, 0.15) is 17.5 Å². The molecular weight excluding hydrogens is 232 g/mol. The van der Waals surface area contributed by atoms with Crippen molar-refractivity contribution in [3.63, 3.8) is 0 Å². The summed E-state index contributed by atoms with van der Waals surface area (Å²) in [5.41, 5.74) is 0. The normalized spacial score (nSPS) is 40.3. The van der Waals surface area contributed by atoms with Crippen LogP contribution in [0.2, 0.25) is 0 Å². The van der Waals surface area contributed by atoms with E-state index < -0.39 is 29.9 Å². The lowest BCUT2D eigenvalue weighted by Crippen LogP contribution is -2.56. The minimum absolute atomic E-state index is 0.350. The van der Waals surface area contributed by atoms with Crippen LogP contribution in [0.4, 0.5) is 0 Å². The maximum Gasteiger partial charge on any atom is 0.174 e. The number of aliphatic hydroxyl groups excluding tert-OH is 2. The maximum absolute atomic E-state index is 9.85. The van der Waals surface area contributed by atoms with Crippen LogP contribution >= 0.6 is 12.0 Å². The number of hydrogen-bond acceptors (Lipinski definition) is 6. The zero-order chi connectivity index (χ0) is 12.3. The first kappa shape index (κ1) is 14.2. The third-order valence-electron chi connectivity index (χ3n) is 2.70. The van der Waals surface area contributed by atoms with Crippen LogP contribution < -0.4 is 0 Å². The average Bonchev–Trinajstić information content (AvgIpc) is 2.24. The van der Waals surface area contributed by atoms with E-state index in [0.717, 1.165) is 0 Å². The van der Waals surface area contributed by atoms with Crippen LogP contribution in [0.1, 0.15) is 20.3 Å². The average molecular weight is 252 g/mol. The summed E-state index contributed by atoms with van der Waals surface area (Å²) in [6, 6.07) is 0. The van der Waals surface area contributed by atoms with Gasteiger partial charge in [-0.15, -0.1) is 0 Å². The molecule has 1 heterocycles. The molecule has 1 rings (SSSR count). The smallest absolute Gasteiger partial charge is 0.174 e. The van der Waals surface area contributed by atoms with Crippen molar-refractivity contribution < 1.29 is 24.2 Å². The predicted molar refractivity (Wildman–Crippen MR) is 61.1 cm³/mol. The van der Waals surface area contributed by atoms with Gasteiger partial charge in [-0.3, -0.25) is 0 Å². The summed E-state index contributed by atoms with van der Waals surface area (Å²) < 4.78 is 19.6. The Morgan fingerprint density at radius 2 is 1.94 bits per heavy atom. The Kier molecular flexibility index (Phi) is 5.49. The zero-order valence-corrected chi connectivity index (χ0v) is 10.6. The molecule has 0 radical (unpaired) electrons. The SMILES string of the molecule is COC1OC(CC(C)C)C(O)C(O)C1SO. The Bertz CT molecular complexity index is 211. The third-order valence-corrected chi connectivity index (χ3v) is 3.45. The first-order chi connectivity index (χ1) is 7.51. The Morgan fingerprint density at radius 3 is 2.38 bits per heavy atom. The lowest BCUT2D eigenvalue weighted by molar-refractivity contribution is -0.240. The summed E-state index contributed by atoms with van der Waals surface area (Å²) in [5.74, 6) is 0.350. The predicted octanol–water partition coefficient (Wildman–Crippen LogP) is 0.700. The van der Waals surface area contributed by atoms with Gasteiger partial charge in [0.25, 0.3) is 0 Å². The molecule has 0 amide bonds. The molecule has 0 spiro atoms. The first-order valence-corrected chi connectivity index (χ1v) is 6.19. The fourth-order valence-electron chi connectivity index (χ4n) is 1.87. The highest BCUT2D eigenvalue weighted by atomic mass is 32.2. The quantitative estimate of drug-likeness (QED) is 0.639. The van der Waals surface area contributed by atoms with Gasteiger partial charge >= 0.3 is 0 Å². The van der Waals surface area contributed by atoms with Gasteiger partial charge in [0, 0.05) is 7.11 Å². The van der Waals surface area contributed by atoms with Gasteiger partial charge < -0.3 is 24.2 Å². The van der Waals surface area contributed by atoms with Crippen molar-refractivity contribution >= 4 is 12.0 Å². The van der Waals surface area contributed by atoms with Crippen LogP contribution in [0, 0.1) is 5.92 Å². The molecule has 0 aromatic rings. The van der Waals surface area contributed by atoms with E-state index in [4.69, 9.17) is 14.0 Å². The van der Waals surface area contributed by atoms with E-state index in [1.807, 2.05) is 13.8 Å². The number of methoxy groups -OCH3 is 1. The minimum atomic E-state index is -1.04. The van der Waals surface area contributed by atoms with Gasteiger partial charge in [0.15, 0.2) is 6.29 Å². The molecule has 5 atom stereocenters. The van der Waals surface area contributed by atoms with Gasteiger partial charge in [0.2, 0.25) is 0 Å². The van der Waals surface area contributed by atoms with Gasteiger partial charge in [-0.2, -0.15) is 0 Å². The second-order valence-electron chi connectivity index (χ2n) is 4.46. The number of ether oxygens (including phenoxy) is 2.